The van der Waals surface area contributed by atoms with E-state index in [1.807, 2.05) is 13.8 Å². The van der Waals surface area contributed by atoms with E-state index in [0.717, 1.165) is 20.8 Å². The number of carbonyl (C=O) groups is 6. The Morgan fingerprint density at radius 1 is 0.917 bits per heavy atom. The van der Waals surface area contributed by atoms with Gasteiger partial charge < -0.3 is 38.3 Å². The molecule has 2 saturated heterocycles. The van der Waals surface area contributed by atoms with Crippen LogP contribution < -0.4 is 0 Å². The number of hydrogen-bond donors (Lipinski definition) is 1. The molecule has 12 atom stereocenters. The first kappa shape index (κ1) is 37.6. The summed E-state index contributed by atoms with van der Waals surface area (Å²) >= 11 is 6.92. The van der Waals surface area contributed by atoms with E-state index in [4.69, 9.17) is 44.8 Å². The highest BCUT2D eigenvalue weighted by Crippen LogP contribution is 2.63. The minimum absolute atomic E-state index is 0.00249. The van der Waals surface area contributed by atoms with Gasteiger partial charge in [-0.3, -0.25) is 28.8 Å². The SMILES string of the molecule is C=C1[C@@H](OC(C)=O)C[C@H](OC(C)=O)[C@@]2(C)[C@@H](OC(=O)CC(C)C)C[C@@H](OC(C)=O)[C@]3(CO3)[C@@H]2[C@H](OC(C)=O)[C@]2(O)[C@@H](C)C(=O)O[C@H]2[C@H]1Cl. The standard InChI is InChI=1S/C33H45ClO14/c1-14(2)10-25(39)47-23-12-24(45-19(7)37)32(13-42-32)27-29(46-20(8)38)33(41)16(4)30(40)48-28(33)26(34)15(3)21(43-17(5)35)11-22(31(23,27)9)44-18(6)36/h14,16,21-24,26-29,41H,3,10-13H2,1-2,4-9H3/t16-,21-,22-,23-,24+,26-,27+,28-,29-,31-,32+,33-/m0/s1. The quantitative estimate of drug-likeness (QED) is 0.134. The third-order valence-corrected chi connectivity index (χ3v) is 10.6. The summed E-state index contributed by atoms with van der Waals surface area (Å²) in [7, 11) is 0. The molecule has 0 aromatic carbocycles. The lowest BCUT2D eigenvalue weighted by molar-refractivity contribution is -0.262. The maximum atomic E-state index is 13.4. The second-order valence-corrected chi connectivity index (χ2v) is 14.4. The van der Waals surface area contributed by atoms with Crippen LogP contribution >= 0.6 is 11.6 Å². The van der Waals surface area contributed by atoms with Gasteiger partial charge in [-0.25, -0.2) is 0 Å². The average Bonchev–Trinajstić information content (AvgIpc) is 3.70. The molecule has 48 heavy (non-hydrogen) atoms. The van der Waals surface area contributed by atoms with Gasteiger partial charge in [0.05, 0.1) is 23.3 Å². The fourth-order valence-electron chi connectivity index (χ4n) is 7.82. The molecule has 2 heterocycles. The van der Waals surface area contributed by atoms with Crippen LogP contribution in [0.2, 0.25) is 0 Å². The molecular formula is C33H45ClO14. The van der Waals surface area contributed by atoms with E-state index in [0.29, 0.717) is 0 Å². The lowest BCUT2D eigenvalue weighted by Gasteiger charge is -2.58. The monoisotopic (exact) mass is 700 g/mol. The summed E-state index contributed by atoms with van der Waals surface area (Å²) in [6.07, 6.45) is -8.75. The van der Waals surface area contributed by atoms with Crippen LogP contribution in [0.4, 0.5) is 0 Å². The molecule has 4 rings (SSSR count). The van der Waals surface area contributed by atoms with Crippen molar-refractivity contribution in [2.45, 2.75) is 128 Å². The van der Waals surface area contributed by atoms with E-state index >= 15 is 0 Å². The Labute approximate surface area is 284 Å². The third kappa shape index (κ3) is 6.67. The zero-order valence-corrected chi connectivity index (χ0v) is 29.2. The zero-order valence-electron chi connectivity index (χ0n) is 28.4. The van der Waals surface area contributed by atoms with Crippen molar-refractivity contribution in [1.29, 1.82) is 0 Å². The Hall–Kier alpha value is -3.23. The van der Waals surface area contributed by atoms with Crippen LogP contribution in [0, 0.1) is 23.2 Å². The second-order valence-electron chi connectivity index (χ2n) is 13.9. The number of esters is 6. The molecule has 1 spiro atoms. The topological polar surface area (TPSA) is 191 Å². The normalized spacial score (nSPS) is 40.5. The van der Waals surface area contributed by atoms with Gasteiger partial charge in [-0.1, -0.05) is 27.4 Å². The van der Waals surface area contributed by atoms with Crippen molar-refractivity contribution in [3.05, 3.63) is 12.2 Å². The number of aliphatic hydroxyl groups is 1. The lowest BCUT2D eigenvalue weighted by Crippen LogP contribution is -2.73. The van der Waals surface area contributed by atoms with Crippen molar-refractivity contribution >= 4 is 47.4 Å². The Morgan fingerprint density at radius 2 is 1.44 bits per heavy atom. The van der Waals surface area contributed by atoms with Gasteiger partial charge in [0.2, 0.25) is 0 Å². The van der Waals surface area contributed by atoms with Gasteiger partial charge in [-0.15, -0.1) is 11.6 Å². The maximum absolute atomic E-state index is 13.4. The van der Waals surface area contributed by atoms with Gasteiger partial charge in [0, 0.05) is 52.9 Å². The Morgan fingerprint density at radius 3 is 1.94 bits per heavy atom. The van der Waals surface area contributed by atoms with Crippen molar-refractivity contribution in [2.24, 2.45) is 23.2 Å². The first-order valence-corrected chi connectivity index (χ1v) is 16.4. The van der Waals surface area contributed by atoms with Crippen molar-refractivity contribution in [2.75, 3.05) is 6.61 Å². The van der Waals surface area contributed by atoms with E-state index in [-0.39, 0.29) is 37.4 Å². The fraction of sp³-hybridized carbons (Fsp3) is 0.758. The summed E-state index contributed by atoms with van der Waals surface area (Å²) in [5.74, 6) is -7.39. The summed E-state index contributed by atoms with van der Waals surface area (Å²) in [5.41, 5.74) is -5.60. The number of rotatable bonds is 7. The van der Waals surface area contributed by atoms with Gasteiger partial charge >= 0.3 is 35.8 Å². The van der Waals surface area contributed by atoms with Gasteiger partial charge in [0.1, 0.15) is 36.1 Å². The lowest BCUT2D eigenvalue weighted by atomic mass is 9.51. The molecule has 2 saturated carbocycles. The number of halogens is 1. The fourth-order valence-corrected chi connectivity index (χ4v) is 8.21. The second kappa shape index (κ2) is 13.6. The molecule has 0 bridgehead atoms. The van der Waals surface area contributed by atoms with Gasteiger partial charge in [-0.05, 0) is 18.4 Å². The van der Waals surface area contributed by atoms with E-state index in [2.05, 4.69) is 6.58 Å². The van der Waals surface area contributed by atoms with Crippen LogP contribution in [-0.4, -0.2) is 101 Å². The molecule has 15 heteroatoms. The van der Waals surface area contributed by atoms with Crippen molar-refractivity contribution in [1.82, 2.24) is 0 Å². The highest BCUT2D eigenvalue weighted by molar-refractivity contribution is 6.23. The van der Waals surface area contributed by atoms with Gasteiger partial charge in [0.25, 0.3) is 0 Å². The molecule has 0 amide bonds. The summed E-state index contributed by atoms with van der Waals surface area (Å²) in [6.45, 7) is 15.1. The third-order valence-electron chi connectivity index (χ3n) is 10.1. The largest absolute Gasteiger partial charge is 0.462 e. The summed E-state index contributed by atoms with van der Waals surface area (Å²) < 4.78 is 41.3. The van der Waals surface area contributed by atoms with Crippen molar-refractivity contribution < 1.29 is 67.0 Å². The van der Waals surface area contributed by atoms with Crippen molar-refractivity contribution in [3.8, 4) is 0 Å². The maximum Gasteiger partial charge on any atom is 0.312 e. The molecule has 2 aliphatic heterocycles. The number of carbonyl (C=O) groups excluding carboxylic acids is 6. The Balaban J connectivity index is 2.11. The number of epoxide rings is 1. The van der Waals surface area contributed by atoms with Crippen LogP contribution in [0.1, 0.15) is 74.7 Å². The molecular weight excluding hydrogens is 656 g/mol. The Bertz CT molecular complexity index is 1360. The molecule has 0 aromatic rings. The molecule has 14 nitrogen and oxygen atoms in total. The first-order chi connectivity index (χ1) is 22.2. The van der Waals surface area contributed by atoms with Crippen LogP contribution in [0.3, 0.4) is 0 Å². The molecule has 2 aliphatic carbocycles. The summed E-state index contributed by atoms with van der Waals surface area (Å²) in [6, 6.07) is 0. The minimum atomic E-state index is -2.42. The van der Waals surface area contributed by atoms with Crippen molar-refractivity contribution in [3.63, 3.8) is 0 Å². The molecule has 0 radical (unpaired) electrons. The zero-order chi connectivity index (χ0) is 36.1. The van der Waals surface area contributed by atoms with Crippen LogP contribution in [0.25, 0.3) is 0 Å². The van der Waals surface area contributed by atoms with E-state index in [9.17, 15) is 33.9 Å². The predicted octanol–water partition coefficient (Wildman–Crippen LogP) is 2.33. The van der Waals surface area contributed by atoms with Gasteiger partial charge in [0.15, 0.2) is 11.7 Å². The number of fused-ring (bicyclic) bond motifs is 3. The molecule has 4 fully saturated rings. The van der Waals surface area contributed by atoms with Crippen LogP contribution in [-0.2, 0) is 61.9 Å². The Kier molecular flexibility index (Phi) is 10.6. The average molecular weight is 701 g/mol. The smallest absolute Gasteiger partial charge is 0.312 e. The molecule has 1 N–H and O–H groups in total. The summed E-state index contributed by atoms with van der Waals surface area (Å²) in [5, 5.41) is 11.4. The minimum Gasteiger partial charge on any atom is -0.462 e. The van der Waals surface area contributed by atoms with E-state index in [1.54, 1.807) is 6.92 Å². The number of ether oxygens (including phenoxy) is 7. The number of hydrogen-bond acceptors (Lipinski definition) is 14. The van der Waals surface area contributed by atoms with Crippen LogP contribution in [0.15, 0.2) is 12.2 Å². The van der Waals surface area contributed by atoms with Gasteiger partial charge in [-0.2, -0.15) is 0 Å². The number of alkyl halides is 1. The summed E-state index contributed by atoms with van der Waals surface area (Å²) in [4.78, 5) is 77.3. The molecule has 268 valence electrons. The van der Waals surface area contributed by atoms with E-state index in [1.165, 1.54) is 13.8 Å². The van der Waals surface area contributed by atoms with E-state index < -0.39 is 106 Å². The first-order valence-electron chi connectivity index (χ1n) is 16.0. The predicted molar refractivity (Wildman–Crippen MR) is 164 cm³/mol. The van der Waals surface area contributed by atoms with Crippen LogP contribution in [0.5, 0.6) is 0 Å². The molecule has 0 aromatic heterocycles. The molecule has 0 unspecified atom stereocenters. The highest BCUT2D eigenvalue weighted by atomic mass is 35.5. The molecule has 4 aliphatic rings. The highest BCUT2D eigenvalue weighted by Gasteiger charge is 2.79.